The smallest absolute Gasteiger partial charge is 0.119 e. The lowest BCUT2D eigenvalue weighted by molar-refractivity contribution is 0.340. The fraction of sp³-hybridized carbons (Fsp3) is 0.333. The number of rotatable bonds is 6. The van der Waals surface area contributed by atoms with Crippen LogP contribution in [0, 0.1) is 0 Å². The van der Waals surface area contributed by atoms with Gasteiger partial charge >= 0.3 is 0 Å². The molecule has 0 N–H and O–H groups in total. The lowest BCUT2D eigenvalue weighted by Gasteiger charge is -2.11. The van der Waals surface area contributed by atoms with Gasteiger partial charge in [-0.05, 0) is 53.7 Å². The molecule has 0 aromatic heterocycles. The van der Waals surface area contributed by atoms with Gasteiger partial charge in [0.05, 0.1) is 6.61 Å². The molecular weight excluding hydrogens is 264 g/mol. The van der Waals surface area contributed by atoms with E-state index in [1.54, 1.807) is 0 Å². The summed E-state index contributed by atoms with van der Waals surface area (Å²) in [7, 11) is 0. The molecule has 2 aromatic rings. The molecule has 0 aliphatic heterocycles. The van der Waals surface area contributed by atoms with Gasteiger partial charge in [-0.2, -0.15) is 11.8 Å². The Hall–Kier alpha value is -1.41. The van der Waals surface area contributed by atoms with E-state index in [1.165, 1.54) is 22.4 Å². The Morgan fingerprint density at radius 3 is 2.45 bits per heavy atom. The van der Waals surface area contributed by atoms with Crippen molar-refractivity contribution in [2.75, 3.05) is 18.6 Å². The van der Waals surface area contributed by atoms with Crippen molar-refractivity contribution < 1.29 is 4.74 Å². The van der Waals surface area contributed by atoms with Crippen LogP contribution in [-0.2, 0) is 0 Å². The monoisotopic (exact) mass is 286 g/mol. The van der Waals surface area contributed by atoms with E-state index in [2.05, 4.69) is 49.6 Å². The number of ether oxygens (including phenoxy) is 1. The Balaban J connectivity index is 2.19. The third-order valence-electron chi connectivity index (χ3n) is 3.37. The van der Waals surface area contributed by atoms with Crippen LogP contribution in [0.2, 0.25) is 0 Å². The first-order valence-electron chi connectivity index (χ1n) is 7.06. The normalized spacial score (nSPS) is 12.2. The molecule has 2 aromatic carbocycles. The fourth-order valence-corrected chi connectivity index (χ4v) is 2.97. The van der Waals surface area contributed by atoms with Crippen molar-refractivity contribution in [3.63, 3.8) is 0 Å². The van der Waals surface area contributed by atoms with Crippen molar-refractivity contribution in [3.8, 4) is 16.9 Å². The van der Waals surface area contributed by atoms with Crippen molar-refractivity contribution in [3.05, 3.63) is 54.1 Å². The van der Waals surface area contributed by atoms with Crippen LogP contribution in [0.3, 0.4) is 0 Å². The summed E-state index contributed by atoms with van der Waals surface area (Å²) in [4.78, 5) is 0. The molecule has 0 amide bonds. The second kappa shape index (κ2) is 7.39. The molecule has 1 nitrogen and oxygen atoms in total. The minimum Gasteiger partial charge on any atom is -0.494 e. The average molecular weight is 286 g/mol. The maximum atomic E-state index is 5.56. The van der Waals surface area contributed by atoms with Crippen LogP contribution in [0.4, 0.5) is 0 Å². The third kappa shape index (κ3) is 3.80. The largest absolute Gasteiger partial charge is 0.494 e. The zero-order chi connectivity index (χ0) is 14.4. The molecule has 0 heterocycles. The van der Waals surface area contributed by atoms with Gasteiger partial charge in [0, 0.05) is 0 Å². The molecule has 0 spiro atoms. The summed E-state index contributed by atoms with van der Waals surface area (Å²) in [6, 6.07) is 17.2. The first kappa shape index (κ1) is 15.0. The summed E-state index contributed by atoms with van der Waals surface area (Å²) < 4.78 is 5.56. The number of benzene rings is 2. The van der Waals surface area contributed by atoms with E-state index in [0.717, 1.165) is 5.75 Å². The lowest BCUT2D eigenvalue weighted by atomic mass is 9.98. The average Bonchev–Trinajstić information content (AvgIpc) is 2.48. The van der Waals surface area contributed by atoms with Gasteiger partial charge in [0.25, 0.3) is 0 Å². The highest BCUT2D eigenvalue weighted by molar-refractivity contribution is 7.98. The first-order valence-corrected chi connectivity index (χ1v) is 8.46. The van der Waals surface area contributed by atoms with Crippen LogP contribution in [0.5, 0.6) is 5.75 Å². The summed E-state index contributed by atoms with van der Waals surface area (Å²) in [5.74, 6) is 2.71. The zero-order valence-electron chi connectivity index (χ0n) is 12.4. The molecular formula is C18H22OS. The zero-order valence-corrected chi connectivity index (χ0v) is 13.2. The Labute approximate surface area is 126 Å². The van der Waals surface area contributed by atoms with E-state index in [4.69, 9.17) is 4.74 Å². The molecule has 106 valence electrons. The Bertz CT molecular complexity index is 533. The Morgan fingerprint density at radius 2 is 1.80 bits per heavy atom. The van der Waals surface area contributed by atoms with Gasteiger partial charge in [-0.25, -0.2) is 0 Å². The van der Waals surface area contributed by atoms with Crippen molar-refractivity contribution >= 4 is 11.8 Å². The Kier molecular flexibility index (Phi) is 5.54. The SMILES string of the molecule is CCOc1cccc(-c2ccc([C@H](C)CSC)cc2)c1. The molecule has 0 saturated carbocycles. The van der Waals surface area contributed by atoms with Gasteiger partial charge in [-0.15, -0.1) is 0 Å². The van der Waals surface area contributed by atoms with Crippen LogP contribution in [0.15, 0.2) is 48.5 Å². The molecule has 0 aliphatic carbocycles. The van der Waals surface area contributed by atoms with E-state index < -0.39 is 0 Å². The first-order chi connectivity index (χ1) is 9.74. The van der Waals surface area contributed by atoms with Gasteiger partial charge < -0.3 is 4.74 Å². The molecule has 20 heavy (non-hydrogen) atoms. The highest BCUT2D eigenvalue weighted by Crippen LogP contribution is 2.26. The summed E-state index contributed by atoms with van der Waals surface area (Å²) in [6.45, 7) is 4.99. The number of hydrogen-bond donors (Lipinski definition) is 0. The maximum absolute atomic E-state index is 5.56. The molecule has 0 bridgehead atoms. The highest BCUT2D eigenvalue weighted by atomic mass is 32.2. The van der Waals surface area contributed by atoms with Crippen LogP contribution < -0.4 is 4.74 Å². The van der Waals surface area contributed by atoms with E-state index in [1.807, 2.05) is 30.8 Å². The van der Waals surface area contributed by atoms with Crippen molar-refractivity contribution in [1.29, 1.82) is 0 Å². The van der Waals surface area contributed by atoms with Gasteiger partial charge in [0.1, 0.15) is 5.75 Å². The second-order valence-corrected chi connectivity index (χ2v) is 5.85. The van der Waals surface area contributed by atoms with Crippen LogP contribution in [-0.4, -0.2) is 18.6 Å². The molecule has 0 fully saturated rings. The van der Waals surface area contributed by atoms with Crippen LogP contribution >= 0.6 is 11.8 Å². The minimum absolute atomic E-state index is 0.605. The van der Waals surface area contributed by atoms with E-state index in [0.29, 0.717) is 12.5 Å². The lowest BCUT2D eigenvalue weighted by Crippen LogP contribution is -1.96. The standard InChI is InChI=1S/C18H22OS/c1-4-19-18-7-5-6-17(12-18)16-10-8-15(9-11-16)14(2)13-20-3/h5-12,14H,4,13H2,1-3H3/t14-/m1/s1. The van der Waals surface area contributed by atoms with Gasteiger partial charge in [-0.1, -0.05) is 43.3 Å². The molecule has 0 aliphatic rings. The van der Waals surface area contributed by atoms with Crippen molar-refractivity contribution in [2.24, 2.45) is 0 Å². The quantitative estimate of drug-likeness (QED) is 0.720. The molecule has 0 radical (unpaired) electrons. The Morgan fingerprint density at radius 1 is 1.05 bits per heavy atom. The molecule has 2 heteroatoms. The van der Waals surface area contributed by atoms with E-state index in [9.17, 15) is 0 Å². The molecule has 0 unspecified atom stereocenters. The van der Waals surface area contributed by atoms with Gasteiger partial charge in [0.15, 0.2) is 0 Å². The third-order valence-corrected chi connectivity index (χ3v) is 4.21. The number of thioether (sulfide) groups is 1. The molecule has 0 saturated heterocycles. The van der Waals surface area contributed by atoms with Gasteiger partial charge in [0.2, 0.25) is 0 Å². The molecule has 1 atom stereocenters. The highest BCUT2D eigenvalue weighted by Gasteiger charge is 2.05. The minimum atomic E-state index is 0.605. The summed E-state index contributed by atoms with van der Waals surface area (Å²) in [5.41, 5.74) is 3.86. The van der Waals surface area contributed by atoms with E-state index in [-0.39, 0.29) is 0 Å². The maximum Gasteiger partial charge on any atom is 0.119 e. The summed E-state index contributed by atoms with van der Waals surface area (Å²) in [6.07, 6.45) is 2.16. The summed E-state index contributed by atoms with van der Waals surface area (Å²) >= 11 is 1.90. The predicted molar refractivity (Wildman–Crippen MR) is 89.8 cm³/mol. The number of hydrogen-bond acceptors (Lipinski definition) is 2. The van der Waals surface area contributed by atoms with E-state index >= 15 is 0 Å². The van der Waals surface area contributed by atoms with Crippen LogP contribution in [0.25, 0.3) is 11.1 Å². The predicted octanol–water partition coefficient (Wildman–Crippen LogP) is 5.22. The summed E-state index contributed by atoms with van der Waals surface area (Å²) in [5, 5.41) is 0. The fourth-order valence-electron chi connectivity index (χ4n) is 2.28. The van der Waals surface area contributed by atoms with Crippen molar-refractivity contribution in [1.82, 2.24) is 0 Å². The van der Waals surface area contributed by atoms with Crippen LogP contribution in [0.1, 0.15) is 25.3 Å². The van der Waals surface area contributed by atoms with Gasteiger partial charge in [-0.3, -0.25) is 0 Å². The van der Waals surface area contributed by atoms with Crippen molar-refractivity contribution in [2.45, 2.75) is 19.8 Å². The topological polar surface area (TPSA) is 9.23 Å². The molecule has 2 rings (SSSR count). The second-order valence-electron chi connectivity index (χ2n) is 4.94.